The fourth-order valence-corrected chi connectivity index (χ4v) is 15.6. The van der Waals surface area contributed by atoms with Crippen molar-refractivity contribution in [3.8, 4) is 50.2 Å². The number of nitrogens with zero attached hydrogens (tertiary/aromatic N) is 2. The second-order valence-electron chi connectivity index (χ2n) is 24.9. The molecule has 3 aromatic heterocycles. The molecule has 0 spiro atoms. The highest BCUT2D eigenvalue weighted by Crippen LogP contribution is 2.64. The molecular weight excluding hydrogens is 985 g/mol. The molecule has 17 rings (SSSR count). The topological polar surface area (TPSA) is 34.5 Å². The van der Waals surface area contributed by atoms with Crippen molar-refractivity contribution in [3.05, 3.63) is 251 Å². The van der Waals surface area contributed by atoms with Gasteiger partial charge in [0.2, 0.25) is 0 Å². The fraction of sp³-hybridized carbons (Fsp3) is 0.143. The van der Waals surface area contributed by atoms with Gasteiger partial charge in [0.15, 0.2) is 0 Å². The predicted octanol–water partition coefficient (Wildman–Crippen LogP) is 21.3. The van der Waals surface area contributed by atoms with Gasteiger partial charge in [0.1, 0.15) is 22.3 Å². The molecule has 4 nitrogen and oxygen atoms in total. The van der Waals surface area contributed by atoms with Crippen LogP contribution < -0.4 is 4.90 Å². The molecule has 14 aromatic rings. The molecule has 388 valence electrons. The summed E-state index contributed by atoms with van der Waals surface area (Å²) < 4.78 is 16.5. The van der Waals surface area contributed by atoms with Gasteiger partial charge in [0, 0.05) is 82.4 Å². The van der Waals surface area contributed by atoms with Crippen LogP contribution in [0.15, 0.2) is 215 Å². The first kappa shape index (κ1) is 46.5. The van der Waals surface area contributed by atoms with Crippen LogP contribution in [0, 0.1) is 13.8 Å². The highest BCUT2D eigenvalue weighted by atomic mass is 16.3. The highest BCUT2D eigenvalue weighted by Gasteiger charge is 2.49. The number of rotatable bonds is 5. The van der Waals surface area contributed by atoms with Gasteiger partial charge in [-0.25, -0.2) is 0 Å². The number of anilines is 3. The van der Waals surface area contributed by atoms with Crippen molar-refractivity contribution < 1.29 is 8.83 Å². The van der Waals surface area contributed by atoms with Crippen LogP contribution in [-0.4, -0.2) is 4.57 Å². The lowest BCUT2D eigenvalue weighted by Crippen LogP contribution is -2.24. The molecule has 0 unspecified atom stereocenters. The molecule has 0 fully saturated rings. The SMILES string of the molecule is Cc1ccc(-c2cc3c(c4c2oc2ccccc24)-c2ccc(N(c4ccc5c(c4)C(C)(C)c4c6c(c7c(oc8ccccc87)c4-5)-c4ccccc4C6(C)C)c4ccc5c6ccccc6n(-c6ccccc6)c5c4)cc2C3(C)C)c(C)c1. The zero-order valence-corrected chi connectivity index (χ0v) is 46.8. The Morgan fingerprint density at radius 2 is 0.889 bits per heavy atom. The monoisotopic (exact) mass is 1040 g/mol. The number of fused-ring (bicyclic) bond motifs is 22. The summed E-state index contributed by atoms with van der Waals surface area (Å²) in [5.74, 6) is 0. The van der Waals surface area contributed by atoms with E-state index in [2.05, 4.69) is 271 Å². The molecule has 0 aliphatic heterocycles. The van der Waals surface area contributed by atoms with Gasteiger partial charge >= 0.3 is 0 Å². The third-order valence-electron chi connectivity index (χ3n) is 19.3. The minimum absolute atomic E-state index is 0.244. The predicted molar refractivity (Wildman–Crippen MR) is 338 cm³/mol. The summed E-state index contributed by atoms with van der Waals surface area (Å²) in [4.78, 5) is 2.52. The van der Waals surface area contributed by atoms with E-state index < -0.39 is 0 Å². The summed E-state index contributed by atoms with van der Waals surface area (Å²) in [5, 5.41) is 7.17. The van der Waals surface area contributed by atoms with Crippen LogP contribution in [0.4, 0.5) is 17.1 Å². The molecule has 0 N–H and O–H groups in total. The average molecular weight is 1040 g/mol. The Labute approximate surface area is 471 Å². The Balaban J connectivity index is 0.918. The Morgan fingerprint density at radius 3 is 1.62 bits per heavy atom. The molecule has 0 saturated heterocycles. The molecule has 0 bridgehead atoms. The van der Waals surface area contributed by atoms with Crippen LogP contribution in [-0.2, 0) is 16.2 Å². The lowest BCUT2D eigenvalue weighted by molar-refractivity contribution is 0.600. The second kappa shape index (κ2) is 15.9. The van der Waals surface area contributed by atoms with Gasteiger partial charge in [0.25, 0.3) is 0 Å². The molecular formula is C77H58N2O2. The second-order valence-corrected chi connectivity index (χ2v) is 24.9. The van der Waals surface area contributed by atoms with Gasteiger partial charge in [-0.05, 0) is 159 Å². The first-order chi connectivity index (χ1) is 39.3. The number of benzene rings is 11. The first-order valence-corrected chi connectivity index (χ1v) is 28.7. The van der Waals surface area contributed by atoms with Gasteiger partial charge in [-0.3, -0.25) is 0 Å². The lowest BCUT2D eigenvalue weighted by atomic mass is 9.72. The minimum Gasteiger partial charge on any atom is -0.455 e. The van der Waals surface area contributed by atoms with E-state index in [1.807, 2.05) is 0 Å². The normalized spacial score (nSPS) is 15.0. The highest BCUT2D eigenvalue weighted by molar-refractivity contribution is 6.22. The number of hydrogen-bond acceptors (Lipinski definition) is 3. The zero-order valence-electron chi connectivity index (χ0n) is 46.8. The van der Waals surface area contributed by atoms with Crippen molar-refractivity contribution in [2.45, 2.75) is 71.6 Å². The van der Waals surface area contributed by atoms with Gasteiger partial charge in [-0.15, -0.1) is 0 Å². The van der Waals surface area contributed by atoms with E-state index in [4.69, 9.17) is 8.83 Å². The number of furan rings is 2. The van der Waals surface area contributed by atoms with Gasteiger partial charge in [-0.2, -0.15) is 0 Å². The molecule has 81 heavy (non-hydrogen) atoms. The largest absolute Gasteiger partial charge is 0.455 e. The molecule has 3 aliphatic rings. The smallest absolute Gasteiger partial charge is 0.144 e. The fourth-order valence-electron chi connectivity index (χ4n) is 15.6. The maximum atomic E-state index is 7.14. The van der Waals surface area contributed by atoms with Crippen LogP contribution in [0.3, 0.4) is 0 Å². The van der Waals surface area contributed by atoms with Crippen molar-refractivity contribution in [2.75, 3.05) is 4.90 Å². The summed E-state index contributed by atoms with van der Waals surface area (Å²) in [6.45, 7) is 19.0. The molecule has 4 heteroatoms. The van der Waals surface area contributed by atoms with E-state index in [1.165, 1.54) is 116 Å². The van der Waals surface area contributed by atoms with E-state index >= 15 is 0 Å². The summed E-state index contributed by atoms with van der Waals surface area (Å²) in [6.07, 6.45) is 0. The van der Waals surface area contributed by atoms with Crippen LogP contribution in [0.5, 0.6) is 0 Å². The number of aromatic nitrogens is 1. The summed E-state index contributed by atoms with van der Waals surface area (Å²) in [7, 11) is 0. The van der Waals surface area contributed by atoms with E-state index in [9.17, 15) is 0 Å². The summed E-state index contributed by atoms with van der Waals surface area (Å²) in [6, 6.07) is 76.8. The molecule has 0 amide bonds. The number of para-hydroxylation sites is 4. The van der Waals surface area contributed by atoms with Crippen LogP contribution in [0.25, 0.3) is 116 Å². The van der Waals surface area contributed by atoms with Crippen molar-refractivity contribution in [3.63, 3.8) is 0 Å². The van der Waals surface area contributed by atoms with Crippen molar-refractivity contribution >= 4 is 82.7 Å². The molecule has 11 aromatic carbocycles. The maximum absolute atomic E-state index is 7.14. The zero-order chi connectivity index (χ0) is 54.6. The van der Waals surface area contributed by atoms with E-state index in [-0.39, 0.29) is 16.2 Å². The van der Waals surface area contributed by atoms with Crippen molar-refractivity contribution in [1.82, 2.24) is 4.57 Å². The summed E-state index contributed by atoms with van der Waals surface area (Å²) in [5.41, 5.74) is 30.0. The third-order valence-corrected chi connectivity index (χ3v) is 19.3. The Bertz CT molecular complexity index is 5110. The molecule has 0 saturated carbocycles. The van der Waals surface area contributed by atoms with Crippen LogP contribution >= 0.6 is 0 Å². The number of hydrogen-bond donors (Lipinski definition) is 0. The lowest BCUT2D eigenvalue weighted by Gasteiger charge is -2.32. The Kier molecular flexibility index (Phi) is 9.15. The Morgan fingerprint density at radius 1 is 0.358 bits per heavy atom. The Hall–Kier alpha value is -9.38. The van der Waals surface area contributed by atoms with Crippen molar-refractivity contribution in [2.24, 2.45) is 0 Å². The third kappa shape index (κ3) is 6.04. The first-order valence-electron chi connectivity index (χ1n) is 28.7. The minimum atomic E-state index is -0.388. The van der Waals surface area contributed by atoms with E-state index in [1.54, 1.807) is 0 Å². The van der Waals surface area contributed by atoms with Crippen LogP contribution in [0.1, 0.15) is 86.1 Å². The van der Waals surface area contributed by atoms with Crippen LogP contribution in [0.2, 0.25) is 0 Å². The summed E-state index contributed by atoms with van der Waals surface area (Å²) >= 11 is 0. The maximum Gasteiger partial charge on any atom is 0.144 e. The van der Waals surface area contributed by atoms with E-state index in [0.717, 1.165) is 61.5 Å². The average Bonchev–Trinajstić information content (AvgIpc) is 4.23. The molecule has 3 aliphatic carbocycles. The van der Waals surface area contributed by atoms with E-state index in [0.29, 0.717) is 0 Å². The molecule has 3 heterocycles. The molecule has 0 radical (unpaired) electrons. The number of aryl methyl sites for hydroxylation is 2. The van der Waals surface area contributed by atoms with Gasteiger partial charge in [0.05, 0.1) is 11.0 Å². The quantitative estimate of drug-likeness (QED) is 0.172. The standard InChI is InChI=1S/C77H58N2O2/c1-43-30-34-49(44(2)38-43)57-42-61-66(68-55-24-14-18-28-64(55)80-73(57)68)53-36-32-46(39-59(53)75(61,3)4)78(48-31-35-51-50-22-13-17-27-62(50)79(63(51)41-48)45-20-10-9-11-21-45)47-33-37-54-60(40-47)77(7,8)72-70(54)74-69(56-25-15-19-29-65(56)81-74)67-52-23-12-16-26-58(52)76(5,6)71(67)72/h9-42H,1-8H3. The van der Waals surface area contributed by atoms with Gasteiger partial charge in [-0.1, -0.05) is 181 Å². The van der Waals surface area contributed by atoms with Crippen molar-refractivity contribution in [1.29, 1.82) is 0 Å². The molecule has 0 atom stereocenters. The van der Waals surface area contributed by atoms with Gasteiger partial charge < -0.3 is 18.3 Å².